The molecular formula is C21H22N2O3. The van der Waals surface area contributed by atoms with Gasteiger partial charge in [-0.25, -0.2) is 0 Å². The van der Waals surface area contributed by atoms with Crippen molar-refractivity contribution < 1.29 is 14.6 Å². The minimum absolute atomic E-state index is 0.133. The zero-order valence-corrected chi connectivity index (χ0v) is 14.9. The zero-order chi connectivity index (χ0) is 18.5. The van der Waals surface area contributed by atoms with Crippen LogP contribution < -0.4 is 4.74 Å². The number of amides is 1. The molecule has 0 radical (unpaired) electrons. The third-order valence-corrected chi connectivity index (χ3v) is 4.29. The van der Waals surface area contributed by atoms with Gasteiger partial charge < -0.3 is 19.3 Å². The Balaban J connectivity index is 1.67. The zero-order valence-electron chi connectivity index (χ0n) is 14.9. The molecule has 5 nitrogen and oxygen atoms in total. The highest BCUT2D eigenvalue weighted by atomic mass is 16.5. The third kappa shape index (κ3) is 3.95. The number of rotatable bonds is 6. The van der Waals surface area contributed by atoms with Crippen molar-refractivity contribution in [3.8, 4) is 11.4 Å². The quantitative estimate of drug-likeness (QED) is 0.742. The van der Waals surface area contributed by atoms with Gasteiger partial charge in [-0.05, 0) is 54.1 Å². The number of likely N-dealkylation sites (N-methyl/N-ethyl adjacent to an activating group) is 1. The van der Waals surface area contributed by atoms with Crippen LogP contribution >= 0.6 is 0 Å². The van der Waals surface area contributed by atoms with E-state index in [2.05, 4.69) is 0 Å². The molecule has 0 saturated heterocycles. The van der Waals surface area contributed by atoms with Gasteiger partial charge in [-0.3, -0.25) is 4.79 Å². The normalized spacial score (nSPS) is 11.8. The molecular weight excluding hydrogens is 328 g/mol. The number of benzene rings is 2. The Morgan fingerprint density at radius 2 is 1.81 bits per heavy atom. The van der Waals surface area contributed by atoms with E-state index in [-0.39, 0.29) is 12.5 Å². The molecule has 1 unspecified atom stereocenters. The number of aliphatic hydroxyl groups excluding tert-OH is 1. The second-order valence-corrected chi connectivity index (χ2v) is 6.12. The second kappa shape index (κ2) is 7.89. The van der Waals surface area contributed by atoms with E-state index in [0.717, 1.165) is 5.69 Å². The summed E-state index contributed by atoms with van der Waals surface area (Å²) in [5.74, 6) is 0.544. The van der Waals surface area contributed by atoms with Gasteiger partial charge in [-0.2, -0.15) is 0 Å². The molecule has 0 fully saturated rings. The van der Waals surface area contributed by atoms with Gasteiger partial charge in [0, 0.05) is 30.7 Å². The summed E-state index contributed by atoms with van der Waals surface area (Å²) in [7, 11) is 3.27. The van der Waals surface area contributed by atoms with Crippen molar-refractivity contribution in [3.05, 3.63) is 84.2 Å². The van der Waals surface area contributed by atoms with Crippen molar-refractivity contribution in [1.82, 2.24) is 9.47 Å². The van der Waals surface area contributed by atoms with E-state index in [9.17, 15) is 9.90 Å². The number of ether oxygens (including phenoxy) is 1. The van der Waals surface area contributed by atoms with Crippen LogP contribution in [0.1, 0.15) is 22.0 Å². The predicted molar refractivity (Wildman–Crippen MR) is 101 cm³/mol. The van der Waals surface area contributed by atoms with Crippen LogP contribution in [0.5, 0.6) is 5.75 Å². The first-order chi connectivity index (χ1) is 12.6. The summed E-state index contributed by atoms with van der Waals surface area (Å²) < 4.78 is 7.15. The van der Waals surface area contributed by atoms with Crippen LogP contribution in [0.4, 0.5) is 0 Å². The number of aliphatic hydroxyl groups is 1. The summed E-state index contributed by atoms with van der Waals surface area (Å²) in [5, 5.41) is 10.4. The minimum Gasteiger partial charge on any atom is -0.497 e. The highest BCUT2D eigenvalue weighted by molar-refractivity contribution is 5.94. The fourth-order valence-electron chi connectivity index (χ4n) is 2.80. The van der Waals surface area contributed by atoms with E-state index in [1.165, 1.54) is 4.90 Å². The van der Waals surface area contributed by atoms with Crippen LogP contribution in [0, 0.1) is 0 Å². The number of aromatic nitrogens is 1. The molecule has 0 saturated carbocycles. The molecule has 134 valence electrons. The molecule has 1 heterocycles. The second-order valence-electron chi connectivity index (χ2n) is 6.12. The van der Waals surface area contributed by atoms with Gasteiger partial charge in [-0.15, -0.1) is 0 Å². The molecule has 5 heteroatoms. The van der Waals surface area contributed by atoms with Gasteiger partial charge in [0.1, 0.15) is 5.75 Å². The van der Waals surface area contributed by atoms with E-state index in [1.807, 2.05) is 59.4 Å². The van der Waals surface area contributed by atoms with Gasteiger partial charge in [0.2, 0.25) is 0 Å². The fraction of sp³-hybridized carbons (Fsp3) is 0.190. The first-order valence-corrected chi connectivity index (χ1v) is 8.39. The molecule has 0 aliphatic carbocycles. The maximum Gasteiger partial charge on any atom is 0.253 e. The third-order valence-electron chi connectivity index (χ3n) is 4.29. The lowest BCUT2D eigenvalue weighted by molar-refractivity contribution is 0.0681. The number of carbonyl (C=O) groups is 1. The average Bonchev–Trinajstić information content (AvgIpc) is 3.22. The van der Waals surface area contributed by atoms with Crippen molar-refractivity contribution in [1.29, 1.82) is 0 Å². The number of carbonyl (C=O) groups excluding carboxylic acids is 1. The van der Waals surface area contributed by atoms with Crippen LogP contribution in [0.3, 0.4) is 0 Å². The molecule has 0 aliphatic heterocycles. The Morgan fingerprint density at radius 3 is 2.46 bits per heavy atom. The summed E-state index contributed by atoms with van der Waals surface area (Å²) in [4.78, 5) is 14.1. The van der Waals surface area contributed by atoms with Gasteiger partial charge in [0.15, 0.2) is 0 Å². The van der Waals surface area contributed by atoms with E-state index in [4.69, 9.17) is 4.74 Å². The van der Waals surface area contributed by atoms with Gasteiger partial charge in [0.25, 0.3) is 5.91 Å². The van der Waals surface area contributed by atoms with Crippen LogP contribution in [0.15, 0.2) is 73.1 Å². The summed E-state index contributed by atoms with van der Waals surface area (Å²) in [6.07, 6.45) is 3.12. The summed E-state index contributed by atoms with van der Waals surface area (Å²) >= 11 is 0. The lowest BCUT2D eigenvalue weighted by Crippen LogP contribution is -2.31. The van der Waals surface area contributed by atoms with Crippen LogP contribution in [-0.2, 0) is 0 Å². The molecule has 3 rings (SSSR count). The monoisotopic (exact) mass is 350 g/mol. The molecule has 2 aromatic carbocycles. The molecule has 0 spiro atoms. The summed E-state index contributed by atoms with van der Waals surface area (Å²) in [6, 6.07) is 18.5. The molecule has 26 heavy (non-hydrogen) atoms. The van der Waals surface area contributed by atoms with Crippen molar-refractivity contribution in [3.63, 3.8) is 0 Å². The largest absolute Gasteiger partial charge is 0.497 e. The molecule has 1 aromatic heterocycles. The van der Waals surface area contributed by atoms with Crippen LogP contribution in [0.25, 0.3) is 5.69 Å². The van der Waals surface area contributed by atoms with Crippen LogP contribution in [-0.4, -0.2) is 41.2 Å². The fourth-order valence-corrected chi connectivity index (χ4v) is 2.80. The summed E-state index contributed by atoms with van der Waals surface area (Å²) in [6.45, 7) is 0.200. The first-order valence-electron chi connectivity index (χ1n) is 8.39. The Hall–Kier alpha value is -3.05. The first kappa shape index (κ1) is 17.8. The topological polar surface area (TPSA) is 54.7 Å². The lowest BCUT2D eigenvalue weighted by Gasteiger charge is -2.21. The molecule has 3 aromatic rings. The van der Waals surface area contributed by atoms with E-state index >= 15 is 0 Å². The molecule has 1 amide bonds. The van der Waals surface area contributed by atoms with Gasteiger partial charge >= 0.3 is 0 Å². The van der Waals surface area contributed by atoms with Crippen molar-refractivity contribution in [2.45, 2.75) is 6.10 Å². The summed E-state index contributed by atoms with van der Waals surface area (Å²) in [5.41, 5.74) is 2.29. The maximum absolute atomic E-state index is 12.6. The molecule has 1 N–H and O–H groups in total. The lowest BCUT2D eigenvalue weighted by atomic mass is 10.1. The predicted octanol–water partition coefficient (Wildman–Crippen LogP) is 3.29. The number of methoxy groups -OCH3 is 1. The van der Waals surface area contributed by atoms with Crippen molar-refractivity contribution >= 4 is 5.91 Å². The molecule has 0 bridgehead atoms. The SMILES string of the molecule is COc1cccc(C(O)CN(C)C(=O)c2ccc(-n3cccc3)cc2)c1. The van der Waals surface area contributed by atoms with Crippen molar-refractivity contribution in [2.75, 3.05) is 20.7 Å². The Bertz CT molecular complexity index is 857. The molecule has 0 aliphatic rings. The van der Waals surface area contributed by atoms with Crippen molar-refractivity contribution in [2.24, 2.45) is 0 Å². The Labute approximate surface area is 153 Å². The highest BCUT2D eigenvalue weighted by Gasteiger charge is 2.17. The number of hydrogen-bond acceptors (Lipinski definition) is 3. The Morgan fingerprint density at radius 1 is 1.12 bits per heavy atom. The van der Waals surface area contributed by atoms with E-state index < -0.39 is 6.10 Å². The minimum atomic E-state index is -0.779. The van der Waals surface area contributed by atoms with Gasteiger partial charge in [-0.1, -0.05) is 12.1 Å². The maximum atomic E-state index is 12.6. The van der Waals surface area contributed by atoms with E-state index in [0.29, 0.717) is 16.9 Å². The number of hydrogen-bond donors (Lipinski definition) is 1. The average molecular weight is 350 g/mol. The molecule has 1 atom stereocenters. The smallest absolute Gasteiger partial charge is 0.253 e. The number of nitrogens with zero attached hydrogens (tertiary/aromatic N) is 2. The van der Waals surface area contributed by atoms with Gasteiger partial charge in [0.05, 0.1) is 19.8 Å². The standard InChI is InChI=1S/C21H22N2O3/c1-22(15-20(24)17-6-5-7-19(14-17)26-2)21(25)16-8-10-18(11-9-16)23-12-3-4-13-23/h3-14,20,24H,15H2,1-2H3. The Kier molecular flexibility index (Phi) is 5.39. The van der Waals surface area contributed by atoms with E-state index in [1.54, 1.807) is 32.4 Å². The van der Waals surface area contributed by atoms with Crippen LogP contribution in [0.2, 0.25) is 0 Å². The highest BCUT2D eigenvalue weighted by Crippen LogP contribution is 2.20.